The third kappa shape index (κ3) is 5.95. The van der Waals surface area contributed by atoms with Gasteiger partial charge in [-0.3, -0.25) is 0 Å². The van der Waals surface area contributed by atoms with Gasteiger partial charge in [0.25, 0.3) is 0 Å². The number of hydrogen-bond donors (Lipinski definition) is 4. The van der Waals surface area contributed by atoms with Gasteiger partial charge in [-0.05, 0) is 39.0 Å². The minimum absolute atomic E-state index is 0.388. The Morgan fingerprint density at radius 2 is 1.82 bits per heavy atom. The van der Waals surface area contributed by atoms with E-state index in [1.165, 1.54) is 5.57 Å². The molecule has 0 saturated carbocycles. The van der Waals surface area contributed by atoms with Gasteiger partial charge in [0.05, 0.1) is 13.2 Å². The van der Waals surface area contributed by atoms with Crippen LogP contribution in [0.2, 0.25) is 0 Å². The molecule has 0 amide bonds. The van der Waals surface area contributed by atoms with E-state index in [2.05, 4.69) is 26.8 Å². The second-order valence-electron chi connectivity index (χ2n) is 6.32. The maximum atomic E-state index is 9.84. The predicted octanol–water partition coefficient (Wildman–Crippen LogP) is 0.575. The van der Waals surface area contributed by atoms with Crippen LogP contribution in [0.3, 0.4) is 0 Å². The van der Waals surface area contributed by atoms with Crippen molar-refractivity contribution < 1.29 is 29.9 Å². The summed E-state index contributed by atoms with van der Waals surface area (Å²) in [6.07, 6.45) is -0.889. The summed E-state index contributed by atoms with van der Waals surface area (Å²) in [4.78, 5) is 0. The van der Waals surface area contributed by atoms with E-state index >= 15 is 0 Å². The summed E-state index contributed by atoms with van der Waals surface area (Å²) >= 11 is 0. The highest BCUT2D eigenvalue weighted by Crippen LogP contribution is 2.22. The van der Waals surface area contributed by atoms with E-state index in [4.69, 9.17) is 14.6 Å². The van der Waals surface area contributed by atoms with Gasteiger partial charge >= 0.3 is 0 Å². The van der Waals surface area contributed by atoms with Crippen molar-refractivity contribution in [3.8, 4) is 0 Å². The van der Waals surface area contributed by atoms with Crippen molar-refractivity contribution >= 4 is 0 Å². The average molecular weight is 318 g/mol. The summed E-state index contributed by atoms with van der Waals surface area (Å²) < 4.78 is 10.8. The van der Waals surface area contributed by atoms with E-state index in [0.29, 0.717) is 12.5 Å². The van der Waals surface area contributed by atoms with Gasteiger partial charge in [-0.1, -0.05) is 18.6 Å². The first kappa shape index (κ1) is 19.5. The number of allylic oxidation sites excluding steroid dienone is 2. The second-order valence-corrected chi connectivity index (χ2v) is 6.32. The van der Waals surface area contributed by atoms with E-state index in [9.17, 15) is 15.3 Å². The van der Waals surface area contributed by atoms with Crippen molar-refractivity contribution in [3.05, 3.63) is 11.6 Å². The largest absolute Gasteiger partial charge is 0.394 e. The third-order valence-corrected chi connectivity index (χ3v) is 3.95. The Morgan fingerprint density at radius 3 is 2.41 bits per heavy atom. The van der Waals surface area contributed by atoms with Crippen LogP contribution in [0.4, 0.5) is 0 Å². The molecule has 6 nitrogen and oxygen atoms in total. The maximum absolute atomic E-state index is 9.84. The van der Waals surface area contributed by atoms with Crippen molar-refractivity contribution in [2.45, 2.75) is 70.7 Å². The fourth-order valence-corrected chi connectivity index (χ4v) is 2.39. The zero-order valence-electron chi connectivity index (χ0n) is 13.7. The van der Waals surface area contributed by atoms with E-state index < -0.39 is 37.3 Å². The van der Waals surface area contributed by atoms with E-state index in [0.717, 1.165) is 19.3 Å². The van der Waals surface area contributed by atoms with Gasteiger partial charge in [-0.15, -0.1) is 0 Å². The normalized spacial score (nSPS) is 33.5. The van der Waals surface area contributed by atoms with Crippen LogP contribution in [0.15, 0.2) is 11.6 Å². The first-order chi connectivity index (χ1) is 10.4. The Morgan fingerprint density at radius 1 is 1.14 bits per heavy atom. The summed E-state index contributed by atoms with van der Waals surface area (Å²) in [7, 11) is 0. The Balaban J connectivity index is 2.32. The molecule has 0 bridgehead atoms. The molecule has 0 aliphatic carbocycles. The van der Waals surface area contributed by atoms with Crippen LogP contribution in [0.5, 0.6) is 0 Å². The molecule has 0 aromatic rings. The Bertz CT molecular complexity index is 340. The van der Waals surface area contributed by atoms with Crippen LogP contribution < -0.4 is 0 Å². The smallest absolute Gasteiger partial charge is 0.186 e. The van der Waals surface area contributed by atoms with E-state index in [1.807, 2.05) is 0 Å². The molecule has 130 valence electrons. The lowest BCUT2D eigenvalue weighted by Gasteiger charge is -2.39. The molecule has 1 heterocycles. The zero-order chi connectivity index (χ0) is 16.7. The monoisotopic (exact) mass is 318 g/mol. The Labute approximate surface area is 132 Å². The average Bonchev–Trinajstić information content (AvgIpc) is 2.47. The van der Waals surface area contributed by atoms with Gasteiger partial charge < -0.3 is 29.9 Å². The van der Waals surface area contributed by atoms with Crippen LogP contribution in [0.25, 0.3) is 0 Å². The molecule has 1 fully saturated rings. The number of aliphatic hydroxyl groups excluding tert-OH is 4. The van der Waals surface area contributed by atoms with Crippen LogP contribution in [0.1, 0.15) is 40.0 Å². The molecular weight excluding hydrogens is 288 g/mol. The molecule has 0 spiro atoms. The summed E-state index contributed by atoms with van der Waals surface area (Å²) in [6, 6.07) is 0. The van der Waals surface area contributed by atoms with Crippen LogP contribution in [-0.2, 0) is 9.47 Å². The quantitative estimate of drug-likeness (QED) is 0.489. The molecule has 1 unspecified atom stereocenters. The topological polar surface area (TPSA) is 99.4 Å². The molecule has 1 rings (SSSR count). The standard InChI is InChI=1S/C16H30O6/c1-10(2)5-4-6-11(3)7-8-21-16-15(20)14(19)13(18)12(9-17)22-16/h5,11-20H,4,6-9H2,1-3H3/t11-,12-,13-,14+,15-,16?/m1/s1. The van der Waals surface area contributed by atoms with Gasteiger partial charge in [-0.2, -0.15) is 0 Å². The maximum Gasteiger partial charge on any atom is 0.186 e. The van der Waals surface area contributed by atoms with Gasteiger partial charge in [0.2, 0.25) is 0 Å². The first-order valence-electron chi connectivity index (χ1n) is 7.92. The van der Waals surface area contributed by atoms with Gasteiger partial charge in [0, 0.05) is 0 Å². The number of hydrogen-bond acceptors (Lipinski definition) is 6. The number of aliphatic hydroxyl groups is 4. The lowest BCUT2D eigenvalue weighted by Crippen LogP contribution is -2.59. The van der Waals surface area contributed by atoms with Gasteiger partial charge in [0.1, 0.15) is 24.4 Å². The van der Waals surface area contributed by atoms with E-state index in [-0.39, 0.29) is 0 Å². The Kier molecular flexibility index (Phi) is 8.53. The molecule has 1 aliphatic heterocycles. The molecular formula is C16H30O6. The summed E-state index contributed by atoms with van der Waals surface area (Å²) in [6.45, 7) is 6.23. The molecule has 0 aromatic heterocycles. The minimum atomic E-state index is -1.38. The van der Waals surface area contributed by atoms with Gasteiger partial charge in [0.15, 0.2) is 6.29 Å². The summed E-state index contributed by atoms with van der Waals surface area (Å²) in [5.41, 5.74) is 1.31. The number of rotatable bonds is 8. The van der Waals surface area contributed by atoms with Crippen LogP contribution >= 0.6 is 0 Å². The summed E-state index contributed by atoms with van der Waals surface area (Å²) in [5.74, 6) is 0.473. The van der Waals surface area contributed by atoms with Crippen molar-refractivity contribution in [1.29, 1.82) is 0 Å². The third-order valence-electron chi connectivity index (χ3n) is 3.95. The molecule has 4 N–H and O–H groups in total. The molecule has 0 aromatic carbocycles. The molecule has 1 aliphatic rings. The van der Waals surface area contributed by atoms with Gasteiger partial charge in [-0.25, -0.2) is 0 Å². The van der Waals surface area contributed by atoms with Crippen molar-refractivity contribution in [2.24, 2.45) is 5.92 Å². The molecule has 22 heavy (non-hydrogen) atoms. The highest BCUT2D eigenvalue weighted by atomic mass is 16.7. The SMILES string of the molecule is CC(C)=CCC[C@@H](C)CCOC1O[C@H](CO)[C@@H](O)[C@H](O)[C@H]1O. The number of ether oxygens (including phenoxy) is 2. The van der Waals surface area contributed by atoms with Crippen molar-refractivity contribution in [2.75, 3.05) is 13.2 Å². The van der Waals surface area contributed by atoms with Crippen molar-refractivity contribution in [1.82, 2.24) is 0 Å². The predicted molar refractivity (Wildman–Crippen MR) is 82.2 cm³/mol. The van der Waals surface area contributed by atoms with Crippen LogP contribution in [-0.4, -0.2) is 64.3 Å². The lowest BCUT2D eigenvalue weighted by atomic mass is 9.99. The van der Waals surface area contributed by atoms with Crippen LogP contribution in [0, 0.1) is 5.92 Å². The second kappa shape index (κ2) is 9.60. The fourth-order valence-electron chi connectivity index (χ4n) is 2.39. The molecule has 6 heteroatoms. The first-order valence-corrected chi connectivity index (χ1v) is 7.92. The molecule has 1 saturated heterocycles. The molecule has 0 radical (unpaired) electrons. The minimum Gasteiger partial charge on any atom is -0.394 e. The highest BCUT2D eigenvalue weighted by Gasteiger charge is 2.43. The fraction of sp³-hybridized carbons (Fsp3) is 0.875. The van der Waals surface area contributed by atoms with E-state index in [1.54, 1.807) is 0 Å². The highest BCUT2D eigenvalue weighted by molar-refractivity contribution is 4.92. The Hall–Kier alpha value is -0.500. The zero-order valence-corrected chi connectivity index (χ0v) is 13.7. The molecule has 6 atom stereocenters. The summed E-state index contributed by atoms with van der Waals surface area (Å²) in [5, 5.41) is 38.3. The van der Waals surface area contributed by atoms with Crippen molar-refractivity contribution in [3.63, 3.8) is 0 Å². The lowest BCUT2D eigenvalue weighted by molar-refractivity contribution is -0.301.